The van der Waals surface area contributed by atoms with Crippen molar-refractivity contribution in [2.24, 2.45) is 5.73 Å². The van der Waals surface area contributed by atoms with E-state index < -0.39 is 26.7 Å². The molecule has 2 N–H and O–H groups in total. The van der Waals surface area contributed by atoms with Gasteiger partial charge in [-0.05, 0) is 18.1 Å². The maximum atomic E-state index is 13.1. The normalized spacial score (nSPS) is 21.7. The Hall–Kier alpha value is -2.29. The van der Waals surface area contributed by atoms with Gasteiger partial charge in [-0.2, -0.15) is 4.31 Å². The highest BCUT2D eigenvalue weighted by Gasteiger charge is 2.42. The minimum atomic E-state index is -4.03. The molecule has 0 unspecified atom stereocenters. The summed E-state index contributed by atoms with van der Waals surface area (Å²) in [7, 11) is -4.03. The van der Waals surface area contributed by atoms with Gasteiger partial charge in [-0.25, -0.2) is 8.42 Å². The third-order valence-electron chi connectivity index (χ3n) is 4.12. The van der Waals surface area contributed by atoms with Crippen LogP contribution >= 0.6 is 0 Å². The Morgan fingerprint density at radius 3 is 2.38 bits per heavy atom. The molecule has 24 heavy (non-hydrogen) atoms. The van der Waals surface area contributed by atoms with Crippen molar-refractivity contribution in [2.45, 2.75) is 23.4 Å². The number of nitrogens with two attached hydrogens (primary N) is 1. The van der Waals surface area contributed by atoms with Gasteiger partial charge in [-0.3, -0.25) is 10.1 Å². The van der Waals surface area contributed by atoms with E-state index >= 15 is 0 Å². The van der Waals surface area contributed by atoms with Gasteiger partial charge in [0.25, 0.3) is 15.7 Å². The lowest BCUT2D eigenvalue weighted by atomic mass is 10.0. The molecule has 0 amide bonds. The van der Waals surface area contributed by atoms with Gasteiger partial charge in [0.05, 0.1) is 11.0 Å². The van der Waals surface area contributed by atoms with Crippen LogP contribution < -0.4 is 5.73 Å². The van der Waals surface area contributed by atoms with Crippen molar-refractivity contribution in [1.82, 2.24) is 4.31 Å². The zero-order valence-corrected chi connectivity index (χ0v) is 13.6. The molecule has 126 valence electrons. The average molecular weight is 347 g/mol. The van der Waals surface area contributed by atoms with Crippen LogP contribution in [0.5, 0.6) is 0 Å². The van der Waals surface area contributed by atoms with Crippen molar-refractivity contribution in [3.05, 3.63) is 70.3 Å². The molecule has 1 fully saturated rings. The van der Waals surface area contributed by atoms with E-state index in [0.29, 0.717) is 6.42 Å². The molecule has 0 radical (unpaired) electrons. The standard InChI is InChI=1S/C16H17N3O4S/c17-13-10-15(12-6-2-1-3-7-12)18(11-13)24(22,23)16-9-5-4-8-14(16)19(20)21/h1-9,13,15H,10-11,17H2/t13-,15-/m1/s1. The highest BCUT2D eigenvalue weighted by atomic mass is 32.2. The van der Waals surface area contributed by atoms with Gasteiger partial charge in [0.15, 0.2) is 4.90 Å². The molecule has 1 heterocycles. The summed E-state index contributed by atoms with van der Waals surface area (Å²) < 4.78 is 27.4. The van der Waals surface area contributed by atoms with E-state index in [1.807, 2.05) is 30.3 Å². The lowest BCUT2D eigenvalue weighted by Gasteiger charge is -2.24. The molecule has 1 aliphatic heterocycles. The van der Waals surface area contributed by atoms with Crippen LogP contribution in [0.2, 0.25) is 0 Å². The summed E-state index contributed by atoms with van der Waals surface area (Å²) in [5.74, 6) is 0. The summed E-state index contributed by atoms with van der Waals surface area (Å²) >= 11 is 0. The monoisotopic (exact) mass is 347 g/mol. The highest BCUT2D eigenvalue weighted by Crippen LogP contribution is 2.38. The Balaban J connectivity index is 2.07. The molecule has 0 aromatic heterocycles. The van der Waals surface area contributed by atoms with Crippen LogP contribution in [-0.2, 0) is 10.0 Å². The first-order valence-corrected chi connectivity index (χ1v) is 8.91. The van der Waals surface area contributed by atoms with Crippen molar-refractivity contribution < 1.29 is 13.3 Å². The summed E-state index contributed by atoms with van der Waals surface area (Å²) in [6.45, 7) is 0.133. The quantitative estimate of drug-likeness (QED) is 0.673. The molecule has 2 atom stereocenters. The van der Waals surface area contributed by atoms with Crippen molar-refractivity contribution in [3.63, 3.8) is 0 Å². The number of rotatable bonds is 4. The first-order valence-electron chi connectivity index (χ1n) is 7.47. The molecule has 7 nitrogen and oxygen atoms in total. The van der Waals surface area contributed by atoms with Crippen molar-refractivity contribution in [1.29, 1.82) is 0 Å². The Labute approximate surface area is 139 Å². The summed E-state index contributed by atoms with van der Waals surface area (Å²) in [6.07, 6.45) is 0.476. The predicted octanol–water partition coefficient (Wildman–Crippen LogP) is 2.06. The minimum absolute atomic E-state index is 0.133. The largest absolute Gasteiger partial charge is 0.326 e. The fourth-order valence-corrected chi connectivity index (χ4v) is 4.87. The van der Waals surface area contributed by atoms with E-state index in [2.05, 4.69) is 0 Å². The SMILES string of the molecule is N[C@@H]1C[C@H](c2ccccc2)N(S(=O)(=O)c2ccccc2[N+](=O)[O-])C1. The summed E-state index contributed by atoms with van der Waals surface area (Å²) in [5, 5.41) is 11.2. The molecular weight excluding hydrogens is 330 g/mol. The lowest BCUT2D eigenvalue weighted by Crippen LogP contribution is -2.33. The van der Waals surface area contributed by atoms with Crippen LogP contribution in [0.15, 0.2) is 59.5 Å². The van der Waals surface area contributed by atoms with Crippen LogP contribution in [0.1, 0.15) is 18.0 Å². The topological polar surface area (TPSA) is 107 Å². The number of sulfonamides is 1. The number of para-hydroxylation sites is 1. The summed E-state index contributed by atoms with van der Waals surface area (Å²) in [4.78, 5) is 10.2. The number of nitro groups is 1. The third-order valence-corrected chi connectivity index (χ3v) is 6.04. The Morgan fingerprint density at radius 2 is 1.71 bits per heavy atom. The van der Waals surface area contributed by atoms with Gasteiger partial charge in [0, 0.05) is 18.7 Å². The Kier molecular flexibility index (Phi) is 4.35. The first kappa shape index (κ1) is 16.6. The van der Waals surface area contributed by atoms with E-state index in [4.69, 9.17) is 5.73 Å². The van der Waals surface area contributed by atoms with Crippen molar-refractivity contribution >= 4 is 15.7 Å². The van der Waals surface area contributed by atoms with Gasteiger partial charge in [-0.15, -0.1) is 0 Å². The summed E-state index contributed by atoms with van der Waals surface area (Å²) in [6, 6.07) is 13.8. The summed E-state index contributed by atoms with van der Waals surface area (Å²) in [5.41, 5.74) is 6.39. The lowest BCUT2D eigenvalue weighted by molar-refractivity contribution is -0.387. The molecule has 2 aromatic carbocycles. The maximum Gasteiger partial charge on any atom is 0.289 e. The molecule has 2 aromatic rings. The van der Waals surface area contributed by atoms with Crippen LogP contribution in [0.25, 0.3) is 0 Å². The van der Waals surface area contributed by atoms with E-state index in [-0.39, 0.29) is 17.5 Å². The van der Waals surface area contributed by atoms with Gasteiger partial charge in [0.2, 0.25) is 0 Å². The minimum Gasteiger partial charge on any atom is -0.326 e. The zero-order valence-electron chi connectivity index (χ0n) is 12.8. The fourth-order valence-electron chi connectivity index (χ4n) is 3.03. The van der Waals surface area contributed by atoms with E-state index in [9.17, 15) is 18.5 Å². The van der Waals surface area contributed by atoms with E-state index in [1.54, 1.807) is 0 Å². The first-order chi connectivity index (χ1) is 11.4. The van der Waals surface area contributed by atoms with Gasteiger partial charge >= 0.3 is 0 Å². The van der Waals surface area contributed by atoms with Crippen LogP contribution in [-0.4, -0.2) is 30.2 Å². The fraction of sp³-hybridized carbons (Fsp3) is 0.250. The second-order valence-electron chi connectivity index (χ2n) is 5.72. The predicted molar refractivity (Wildman–Crippen MR) is 88.8 cm³/mol. The maximum absolute atomic E-state index is 13.1. The van der Waals surface area contributed by atoms with E-state index in [0.717, 1.165) is 5.56 Å². The van der Waals surface area contributed by atoms with Gasteiger partial charge in [0.1, 0.15) is 0 Å². The van der Waals surface area contributed by atoms with Crippen LogP contribution in [0.3, 0.4) is 0 Å². The molecule has 0 bridgehead atoms. The van der Waals surface area contributed by atoms with Gasteiger partial charge < -0.3 is 5.73 Å². The van der Waals surface area contributed by atoms with Crippen LogP contribution in [0.4, 0.5) is 5.69 Å². The molecule has 8 heteroatoms. The molecule has 1 saturated heterocycles. The number of benzene rings is 2. The molecule has 1 aliphatic rings. The molecule has 0 aliphatic carbocycles. The molecule has 0 saturated carbocycles. The number of hydrogen-bond donors (Lipinski definition) is 1. The van der Waals surface area contributed by atoms with E-state index in [1.165, 1.54) is 28.6 Å². The Bertz CT molecular complexity index is 855. The molecular formula is C16H17N3O4S. The smallest absolute Gasteiger partial charge is 0.289 e. The van der Waals surface area contributed by atoms with Crippen molar-refractivity contribution in [3.8, 4) is 0 Å². The van der Waals surface area contributed by atoms with Crippen molar-refractivity contribution in [2.75, 3.05) is 6.54 Å². The van der Waals surface area contributed by atoms with Crippen LogP contribution in [0, 0.1) is 10.1 Å². The number of nitrogens with zero attached hydrogens (tertiary/aromatic N) is 2. The highest BCUT2D eigenvalue weighted by molar-refractivity contribution is 7.89. The second-order valence-corrected chi connectivity index (χ2v) is 7.58. The van der Waals surface area contributed by atoms with Gasteiger partial charge in [-0.1, -0.05) is 42.5 Å². The average Bonchev–Trinajstić information content (AvgIpc) is 2.98. The molecule has 0 spiro atoms. The molecule has 3 rings (SSSR count). The zero-order chi connectivity index (χ0) is 17.3. The second kappa shape index (κ2) is 6.31. The Morgan fingerprint density at radius 1 is 1.08 bits per heavy atom. The third kappa shape index (κ3) is 2.91. The number of nitro benzene ring substituents is 1. The number of hydrogen-bond acceptors (Lipinski definition) is 5.